The van der Waals surface area contributed by atoms with Crippen LogP contribution in [0.2, 0.25) is 0 Å². The molecule has 0 aliphatic carbocycles. The Hall–Kier alpha value is -2.50. The van der Waals surface area contributed by atoms with Crippen LogP contribution in [-0.2, 0) is 18.5 Å². The molecule has 0 spiro atoms. The van der Waals surface area contributed by atoms with Crippen molar-refractivity contribution in [1.29, 1.82) is 0 Å². The number of methoxy groups -OCH3 is 1. The maximum absolute atomic E-state index is 5.76. The van der Waals surface area contributed by atoms with Gasteiger partial charge in [0.2, 0.25) is 5.89 Å². The fourth-order valence-electron chi connectivity index (χ4n) is 2.09. The van der Waals surface area contributed by atoms with Gasteiger partial charge in [-0.25, -0.2) is 4.98 Å². The first-order valence-corrected chi connectivity index (χ1v) is 7.95. The van der Waals surface area contributed by atoms with E-state index in [1.807, 2.05) is 24.3 Å². The third-order valence-corrected chi connectivity index (χ3v) is 3.52. The average molecular weight is 330 g/mol. The van der Waals surface area contributed by atoms with Crippen LogP contribution >= 0.6 is 0 Å². The van der Waals surface area contributed by atoms with E-state index in [2.05, 4.69) is 41.4 Å². The molecule has 0 radical (unpaired) electrons. The summed E-state index contributed by atoms with van der Waals surface area (Å²) in [5.41, 5.74) is 1.07. The van der Waals surface area contributed by atoms with Crippen LogP contribution in [-0.4, -0.2) is 25.1 Å². The molecule has 24 heavy (non-hydrogen) atoms. The highest BCUT2D eigenvalue weighted by atomic mass is 16.5. The number of hydrogen-bond acceptors (Lipinski definition) is 4. The molecule has 0 saturated carbocycles. The molecular formula is C18H26N4O2. The Kier molecular flexibility index (Phi) is 5.84. The third-order valence-electron chi connectivity index (χ3n) is 3.52. The number of nitrogens with zero attached hydrogens (tertiary/aromatic N) is 2. The Bertz CT molecular complexity index is 686. The minimum Gasteiger partial charge on any atom is -0.497 e. The number of aromatic nitrogens is 1. The average Bonchev–Trinajstić information content (AvgIpc) is 3.04. The van der Waals surface area contributed by atoms with Crippen LogP contribution in [0.5, 0.6) is 5.75 Å². The zero-order valence-corrected chi connectivity index (χ0v) is 15.0. The van der Waals surface area contributed by atoms with Crippen molar-refractivity contribution in [2.24, 2.45) is 4.99 Å². The summed E-state index contributed by atoms with van der Waals surface area (Å²) in [7, 11) is 3.40. The van der Waals surface area contributed by atoms with E-state index in [1.54, 1.807) is 20.4 Å². The first-order valence-electron chi connectivity index (χ1n) is 7.95. The van der Waals surface area contributed by atoms with Gasteiger partial charge in [0.1, 0.15) is 11.5 Å². The van der Waals surface area contributed by atoms with Crippen LogP contribution in [0.3, 0.4) is 0 Å². The molecule has 1 aromatic heterocycles. The molecule has 130 valence electrons. The predicted octanol–water partition coefficient (Wildman–Crippen LogP) is 2.85. The van der Waals surface area contributed by atoms with E-state index in [0.29, 0.717) is 24.9 Å². The summed E-state index contributed by atoms with van der Waals surface area (Å²) in [6.07, 6.45) is 1.78. The van der Waals surface area contributed by atoms with Gasteiger partial charge in [0.15, 0.2) is 5.96 Å². The fourth-order valence-corrected chi connectivity index (χ4v) is 2.09. The lowest BCUT2D eigenvalue weighted by Gasteiger charge is -2.13. The van der Waals surface area contributed by atoms with Crippen LogP contribution in [0.1, 0.15) is 38.0 Å². The van der Waals surface area contributed by atoms with Gasteiger partial charge in [-0.15, -0.1) is 0 Å². The molecule has 0 unspecified atom stereocenters. The quantitative estimate of drug-likeness (QED) is 0.651. The number of ether oxygens (including phenoxy) is 1. The molecule has 2 N–H and O–H groups in total. The van der Waals surface area contributed by atoms with Crippen molar-refractivity contribution < 1.29 is 9.15 Å². The van der Waals surface area contributed by atoms with Crippen LogP contribution in [0.15, 0.2) is 39.9 Å². The summed E-state index contributed by atoms with van der Waals surface area (Å²) < 4.78 is 11.0. The normalized spacial score (nSPS) is 12.1. The van der Waals surface area contributed by atoms with Crippen LogP contribution in [0.4, 0.5) is 0 Å². The standard InChI is InChI=1S/C18H26N4O2/c1-18(2,3)15-11-20-16(24-15)12-22-17(19-4)21-10-13-7-6-8-14(9-13)23-5/h6-9,11H,10,12H2,1-5H3,(H2,19,21,22). The third kappa shape index (κ3) is 5.01. The molecule has 0 saturated heterocycles. The molecule has 0 fully saturated rings. The SMILES string of the molecule is CN=C(NCc1cccc(OC)c1)NCc1ncc(C(C)(C)C)o1. The van der Waals surface area contributed by atoms with E-state index in [4.69, 9.17) is 9.15 Å². The molecule has 1 aromatic carbocycles. The lowest BCUT2D eigenvalue weighted by atomic mass is 9.94. The van der Waals surface area contributed by atoms with Gasteiger partial charge in [-0.3, -0.25) is 4.99 Å². The second-order valence-electron chi connectivity index (χ2n) is 6.50. The molecule has 0 aliphatic heterocycles. The highest BCUT2D eigenvalue weighted by Crippen LogP contribution is 2.22. The van der Waals surface area contributed by atoms with Gasteiger partial charge >= 0.3 is 0 Å². The van der Waals surface area contributed by atoms with Gasteiger partial charge in [0.05, 0.1) is 19.9 Å². The van der Waals surface area contributed by atoms with Crippen LogP contribution in [0.25, 0.3) is 0 Å². The van der Waals surface area contributed by atoms with Crippen molar-refractivity contribution in [2.75, 3.05) is 14.2 Å². The number of hydrogen-bond donors (Lipinski definition) is 2. The largest absolute Gasteiger partial charge is 0.497 e. The number of benzene rings is 1. The number of guanidine groups is 1. The van der Waals surface area contributed by atoms with Gasteiger partial charge in [-0.1, -0.05) is 32.9 Å². The highest BCUT2D eigenvalue weighted by molar-refractivity contribution is 5.79. The summed E-state index contributed by atoms with van der Waals surface area (Å²) in [6.45, 7) is 7.42. The summed E-state index contributed by atoms with van der Waals surface area (Å²) >= 11 is 0. The van der Waals surface area contributed by atoms with Crippen LogP contribution < -0.4 is 15.4 Å². The number of aliphatic imine (C=N–C) groups is 1. The minimum atomic E-state index is -0.0441. The van der Waals surface area contributed by atoms with Crippen molar-refractivity contribution in [3.8, 4) is 5.75 Å². The van der Waals surface area contributed by atoms with Gasteiger partial charge in [0, 0.05) is 19.0 Å². The van der Waals surface area contributed by atoms with Crippen molar-refractivity contribution in [3.63, 3.8) is 0 Å². The fraction of sp³-hybridized carbons (Fsp3) is 0.444. The number of nitrogens with one attached hydrogen (secondary N) is 2. The van der Waals surface area contributed by atoms with E-state index in [1.165, 1.54) is 0 Å². The van der Waals surface area contributed by atoms with E-state index in [9.17, 15) is 0 Å². The molecule has 1 heterocycles. The molecule has 0 aliphatic rings. The second kappa shape index (κ2) is 7.86. The Labute approximate surface area is 143 Å². The molecular weight excluding hydrogens is 304 g/mol. The van der Waals surface area contributed by atoms with E-state index in [-0.39, 0.29) is 5.41 Å². The predicted molar refractivity (Wildman–Crippen MR) is 95.2 cm³/mol. The minimum absolute atomic E-state index is 0.0441. The lowest BCUT2D eigenvalue weighted by molar-refractivity contribution is 0.379. The van der Waals surface area contributed by atoms with Gasteiger partial charge < -0.3 is 19.8 Å². The molecule has 6 nitrogen and oxygen atoms in total. The Balaban J connectivity index is 1.87. The molecule has 2 rings (SSSR count). The van der Waals surface area contributed by atoms with Crippen molar-refractivity contribution in [3.05, 3.63) is 47.7 Å². The Morgan fingerprint density at radius 1 is 1.25 bits per heavy atom. The molecule has 0 atom stereocenters. The van der Waals surface area contributed by atoms with Gasteiger partial charge in [-0.05, 0) is 17.7 Å². The zero-order chi connectivity index (χ0) is 17.6. The van der Waals surface area contributed by atoms with Gasteiger partial charge in [0.25, 0.3) is 0 Å². The molecule has 6 heteroatoms. The number of oxazole rings is 1. The van der Waals surface area contributed by atoms with E-state index >= 15 is 0 Å². The number of rotatable bonds is 5. The zero-order valence-electron chi connectivity index (χ0n) is 15.0. The summed E-state index contributed by atoms with van der Waals surface area (Å²) in [6, 6.07) is 7.91. The summed E-state index contributed by atoms with van der Waals surface area (Å²) in [5.74, 6) is 3.04. The topological polar surface area (TPSA) is 71.7 Å². The van der Waals surface area contributed by atoms with E-state index in [0.717, 1.165) is 17.1 Å². The maximum atomic E-state index is 5.76. The van der Waals surface area contributed by atoms with Gasteiger partial charge in [-0.2, -0.15) is 0 Å². The van der Waals surface area contributed by atoms with E-state index < -0.39 is 0 Å². The summed E-state index contributed by atoms with van der Waals surface area (Å²) in [5, 5.41) is 6.46. The van der Waals surface area contributed by atoms with Crippen molar-refractivity contribution >= 4 is 5.96 Å². The van der Waals surface area contributed by atoms with Crippen molar-refractivity contribution in [1.82, 2.24) is 15.6 Å². The smallest absolute Gasteiger partial charge is 0.213 e. The summed E-state index contributed by atoms with van der Waals surface area (Å²) in [4.78, 5) is 8.51. The first-order chi connectivity index (χ1) is 11.4. The Morgan fingerprint density at radius 3 is 2.62 bits per heavy atom. The Morgan fingerprint density at radius 2 is 2.00 bits per heavy atom. The molecule has 0 bridgehead atoms. The first kappa shape index (κ1) is 17.8. The van der Waals surface area contributed by atoms with Crippen LogP contribution in [0, 0.1) is 0 Å². The maximum Gasteiger partial charge on any atom is 0.213 e. The highest BCUT2D eigenvalue weighted by Gasteiger charge is 2.19. The molecule has 0 amide bonds. The van der Waals surface area contributed by atoms with Crippen molar-refractivity contribution in [2.45, 2.75) is 39.3 Å². The second-order valence-corrected chi connectivity index (χ2v) is 6.50. The monoisotopic (exact) mass is 330 g/mol. The lowest BCUT2D eigenvalue weighted by Crippen LogP contribution is -2.36. The molecule has 2 aromatic rings.